The molecule has 0 aliphatic rings. The molecule has 134 valence electrons. The number of hydrogen-bond donors (Lipinski definition) is 0. The van der Waals surface area contributed by atoms with Crippen molar-refractivity contribution in [3.63, 3.8) is 0 Å². The Morgan fingerprint density at radius 1 is 1.08 bits per heavy atom. The first kappa shape index (κ1) is 17.3. The van der Waals surface area contributed by atoms with Crippen molar-refractivity contribution in [2.24, 2.45) is 0 Å². The van der Waals surface area contributed by atoms with Crippen LogP contribution in [0.5, 0.6) is 0 Å². The van der Waals surface area contributed by atoms with E-state index in [0.29, 0.717) is 41.5 Å². The molecule has 0 bridgehead atoms. The van der Waals surface area contributed by atoms with Crippen molar-refractivity contribution in [3.8, 4) is 5.69 Å². The van der Waals surface area contributed by atoms with Crippen molar-refractivity contribution in [1.29, 1.82) is 0 Å². The maximum atomic E-state index is 12.8. The van der Waals surface area contributed by atoms with Gasteiger partial charge in [-0.2, -0.15) is 5.10 Å². The average Bonchev–Trinajstić information content (AvgIpc) is 2.91. The van der Waals surface area contributed by atoms with Crippen LogP contribution in [0.15, 0.2) is 41.4 Å². The summed E-state index contributed by atoms with van der Waals surface area (Å²) in [6.07, 6.45) is 2.46. The molecule has 2 heterocycles. The summed E-state index contributed by atoms with van der Waals surface area (Å²) in [5, 5.41) is 4.73. The van der Waals surface area contributed by atoms with E-state index in [1.54, 1.807) is 6.92 Å². The largest absolute Gasteiger partial charge is 0.310 e. The Bertz CT molecular complexity index is 981. The lowest BCUT2D eigenvalue weighted by atomic mass is 10.1. The van der Waals surface area contributed by atoms with Crippen LogP contribution in [0.1, 0.15) is 23.0 Å². The molecule has 0 aliphatic carbocycles. The summed E-state index contributed by atoms with van der Waals surface area (Å²) in [5.74, 6) is 0. The molecule has 0 N–H and O–H groups in total. The van der Waals surface area contributed by atoms with Gasteiger partial charge in [0.1, 0.15) is 4.90 Å². The van der Waals surface area contributed by atoms with Crippen LogP contribution in [-0.2, 0) is 6.42 Å². The van der Waals surface area contributed by atoms with Gasteiger partial charge in [0.05, 0.1) is 16.8 Å². The highest BCUT2D eigenvalue weighted by Crippen LogP contribution is 3.02. The normalized spacial score (nSPS) is 15.0. The Kier molecular flexibility index (Phi) is 3.31. The summed E-state index contributed by atoms with van der Waals surface area (Å²) in [6.45, 7) is 1.80. The molecule has 0 amide bonds. The maximum absolute atomic E-state index is 12.8. The molecule has 3 rings (SSSR count). The molecule has 3 aromatic rings. The second-order valence-corrected chi connectivity index (χ2v) is 7.80. The Morgan fingerprint density at radius 2 is 1.72 bits per heavy atom. The highest BCUT2D eigenvalue weighted by molar-refractivity contribution is 8.45. The van der Waals surface area contributed by atoms with Crippen LogP contribution in [0.2, 0.25) is 0 Å². The molecule has 0 saturated carbocycles. The van der Waals surface area contributed by atoms with E-state index in [-0.39, 0.29) is 11.3 Å². The van der Waals surface area contributed by atoms with E-state index >= 15 is 0 Å². The first-order chi connectivity index (χ1) is 11.4. The Morgan fingerprint density at radius 3 is 2.24 bits per heavy atom. The summed E-state index contributed by atoms with van der Waals surface area (Å²) in [7, 11) is -9.73. The minimum absolute atomic E-state index is 0.130. The molecule has 0 radical (unpaired) electrons. The number of benzene rings is 1. The Hall–Kier alpha value is -2.49. The third kappa shape index (κ3) is 3.09. The van der Waals surface area contributed by atoms with Crippen molar-refractivity contribution in [2.75, 3.05) is 0 Å². The number of fused-ring (bicyclic) bond motifs is 1. The molecule has 1 aromatic carbocycles. The topological polar surface area (TPSA) is 47.8 Å². The van der Waals surface area contributed by atoms with Gasteiger partial charge in [-0.15, -0.1) is 0 Å². The third-order valence-electron chi connectivity index (χ3n) is 3.66. The van der Waals surface area contributed by atoms with Crippen molar-refractivity contribution >= 4 is 27.5 Å². The summed E-state index contributed by atoms with van der Waals surface area (Å²) < 4.78 is 65.3. The summed E-state index contributed by atoms with van der Waals surface area (Å²) in [6, 6.07) is 3.93. The number of aryl methyl sites for hydroxylation is 1. The van der Waals surface area contributed by atoms with Crippen LogP contribution in [0, 0.1) is 0 Å². The lowest BCUT2D eigenvalue weighted by Gasteiger charge is -2.40. The molecule has 0 unspecified atom stereocenters. The molecule has 10 heteroatoms. The molecule has 4 nitrogen and oxygen atoms in total. The van der Waals surface area contributed by atoms with Crippen LogP contribution >= 0.6 is 10.2 Å². The van der Waals surface area contributed by atoms with Crippen molar-refractivity contribution in [3.05, 3.63) is 47.8 Å². The van der Waals surface area contributed by atoms with Gasteiger partial charge in [-0.25, -0.2) is 9.67 Å². The minimum Gasteiger partial charge on any atom is -0.298 e. The monoisotopic (exact) mass is 377 g/mol. The third-order valence-corrected chi connectivity index (χ3v) is 4.82. The Labute approximate surface area is 139 Å². The molecule has 0 spiro atoms. The van der Waals surface area contributed by atoms with Gasteiger partial charge in [0.2, 0.25) is 0 Å². The molecular weight excluding hydrogens is 365 g/mol. The van der Waals surface area contributed by atoms with Gasteiger partial charge in [0.25, 0.3) is 0 Å². The number of rotatable bonds is 4. The maximum Gasteiger partial charge on any atom is 0.310 e. The van der Waals surface area contributed by atoms with E-state index < -0.39 is 15.1 Å². The number of carbonyl (C=O) groups is 1. The van der Waals surface area contributed by atoms with Gasteiger partial charge in [-0.3, -0.25) is 4.79 Å². The number of nitrogens with zero attached hydrogens (tertiary/aromatic N) is 3. The zero-order valence-corrected chi connectivity index (χ0v) is 13.6. The number of pyridine rings is 1. The fourth-order valence-electron chi connectivity index (χ4n) is 2.51. The fourth-order valence-corrected chi connectivity index (χ4v) is 3.16. The van der Waals surface area contributed by atoms with Gasteiger partial charge in [-0.1, -0.05) is 26.4 Å². The number of halogens is 5. The smallest absolute Gasteiger partial charge is 0.298 e. The lowest BCUT2D eigenvalue weighted by molar-refractivity contribution is 0.112. The minimum atomic E-state index is -9.73. The quantitative estimate of drug-likeness (QED) is 0.449. The molecular formula is C15H12F5N3OS. The predicted molar refractivity (Wildman–Crippen MR) is 85.0 cm³/mol. The molecule has 0 fully saturated rings. The van der Waals surface area contributed by atoms with E-state index in [4.69, 9.17) is 0 Å². The molecule has 2 aromatic heterocycles. The van der Waals surface area contributed by atoms with E-state index in [1.807, 2.05) is 0 Å². The summed E-state index contributed by atoms with van der Waals surface area (Å²) >= 11 is 0. The highest BCUT2D eigenvalue weighted by Gasteiger charge is 2.65. The number of hydrogen-bond acceptors (Lipinski definition) is 3. The van der Waals surface area contributed by atoms with Crippen molar-refractivity contribution in [1.82, 2.24) is 14.8 Å². The Balaban J connectivity index is 2.20. The van der Waals surface area contributed by atoms with E-state index in [2.05, 4.69) is 10.1 Å². The van der Waals surface area contributed by atoms with Crippen molar-refractivity contribution in [2.45, 2.75) is 18.2 Å². The van der Waals surface area contributed by atoms with E-state index in [0.717, 1.165) is 12.1 Å². The molecule has 25 heavy (non-hydrogen) atoms. The summed E-state index contributed by atoms with van der Waals surface area (Å²) in [4.78, 5) is 13.3. The number of aromatic nitrogens is 3. The van der Waals surface area contributed by atoms with Crippen LogP contribution in [0.4, 0.5) is 19.4 Å². The van der Waals surface area contributed by atoms with Crippen LogP contribution in [-0.4, -0.2) is 21.1 Å². The van der Waals surface area contributed by atoms with Crippen LogP contribution < -0.4 is 0 Å². The molecule has 0 aliphatic heterocycles. The van der Waals surface area contributed by atoms with Gasteiger partial charge in [0.15, 0.2) is 11.9 Å². The van der Waals surface area contributed by atoms with Gasteiger partial charge in [0, 0.05) is 11.8 Å². The first-order valence-electron chi connectivity index (χ1n) is 7.11. The highest BCUT2D eigenvalue weighted by atomic mass is 32.5. The van der Waals surface area contributed by atoms with Crippen LogP contribution in [0.25, 0.3) is 16.7 Å². The van der Waals surface area contributed by atoms with Crippen molar-refractivity contribution < 1.29 is 24.2 Å². The first-order valence-corrected chi connectivity index (χ1v) is 9.06. The zero-order chi connectivity index (χ0) is 18.5. The van der Waals surface area contributed by atoms with Gasteiger partial charge < -0.3 is 0 Å². The van der Waals surface area contributed by atoms with E-state index in [9.17, 15) is 24.2 Å². The molecule has 0 atom stereocenters. The standard InChI is InChI=1S/C15H12F5N3OS/c1-2-13-14-10(9-24)7-8-21-15(14)23(22-13)11-3-5-12(6-4-11)25(16,17,18,19)20/h3-9H,2H2,1H3. The fraction of sp³-hybridized carbons (Fsp3) is 0.133. The second-order valence-electron chi connectivity index (χ2n) is 5.39. The van der Waals surface area contributed by atoms with Crippen LogP contribution in [0.3, 0.4) is 0 Å². The predicted octanol–water partition coefficient (Wildman–Crippen LogP) is 5.45. The zero-order valence-electron chi connectivity index (χ0n) is 12.8. The SMILES string of the molecule is CCc1nn(-c2ccc(S(F)(F)(F)(F)F)cc2)c2nccc(C=O)c12. The number of aldehydes is 1. The lowest BCUT2D eigenvalue weighted by Crippen LogP contribution is -2.06. The van der Waals surface area contributed by atoms with Gasteiger partial charge >= 0.3 is 10.2 Å². The van der Waals surface area contributed by atoms with E-state index in [1.165, 1.54) is 16.9 Å². The van der Waals surface area contributed by atoms with Gasteiger partial charge in [-0.05, 0) is 36.8 Å². The molecule has 0 saturated heterocycles. The second kappa shape index (κ2) is 4.78. The summed E-state index contributed by atoms with van der Waals surface area (Å²) in [5.41, 5.74) is 1.27. The number of carbonyl (C=O) groups excluding carboxylic acids is 1. The average molecular weight is 377 g/mol.